The highest BCUT2D eigenvalue weighted by molar-refractivity contribution is 5.87. The monoisotopic (exact) mass is 388 g/mol. The summed E-state index contributed by atoms with van der Waals surface area (Å²) in [4.78, 5) is 11.7. The number of hydrogen-bond acceptors (Lipinski definition) is 4. The molecule has 0 N–H and O–H groups in total. The van der Waals surface area contributed by atoms with Crippen LogP contribution in [0.4, 0.5) is 22.0 Å². The Bertz CT molecular complexity index is 867. The van der Waals surface area contributed by atoms with Crippen LogP contribution in [0.1, 0.15) is 11.1 Å². The molecule has 0 aromatic heterocycles. The molecule has 0 aliphatic rings. The molecule has 2 rings (SSSR count). The highest BCUT2D eigenvalue weighted by Gasteiger charge is 2.26. The van der Waals surface area contributed by atoms with Crippen molar-refractivity contribution in [3.63, 3.8) is 0 Å². The molecule has 0 fully saturated rings. The second-order valence-electron chi connectivity index (χ2n) is 5.10. The number of hydrogen-bond donors (Lipinski definition) is 0. The molecule has 0 unspecified atom stereocenters. The van der Waals surface area contributed by atoms with Crippen molar-refractivity contribution in [3.05, 3.63) is 64.5 Å². The fourth-order valence-electron chi connectivity index (χ4n) is 2.09. The van der Waals surface area contributed by atoms with E-state index < -0.39 is 47.2 Å². The van der Waals surface area contributed by atoms with Crippen molar-refractivity contribution in [1.82, 2.24) is 0 Å². The van der Waals surface area contributed by atoms with E-state index in [1.54, 1.807) is 18.2 Å². The second-order valence-corrected chi connectivity index (χ2v) is 5.10. The summed E-state index contributed by atoms with van der Waals surface area (Å²) in [6.07, 6.45) is 2.23. The average molecular weight is 388 g/mol. The van der Waals surface area contributed by atoms with Gasteiger partial charge in [0.05, 0.1) is 19.8 Å². The zero-order valence-corrected chi connectivity index (χ0v) is 14.1. The number of carbonyl (C=O) groups excluding carboxylic acids is 1. The molecule has 27 heavy (non-hydrogen) atoms. The van der Waals surface area contributed by atoms with Crippen LogP contribution in [0.2, 0.25) is 0 Å². The first-order valence-electron chi connectivity index (χ1n) is 7.37. The SMILES string of the molecule is COc1ccc(/C=C/C(=O)OCc2c(F)c(F)c(F)c(F)c2F)cc1OC. The van der Waals surface area contributed by atoms with Gasteiger partial charge in [0, 0.05) is 6.08 Å². The summed E-state index contributed by atoms with van der Waals surface area (Å²) in [7, 11) is 2.87. The molecule has 4 nitrogen and oxygen atoms in total. The molecule has 0 saturated heterocycles. The Hall–Kier alpha value is -3.10. The van der Waals surface area contributed by atoms with Crippen LogP contribution in [-0.2, 0) is 16.1 Å². The lowest BCUT2D eigenvalue weighted by Gasteiger charge is -2.08. The molecular weight excluding hydrogens is 375 g/mol. The van der Waals surface area contributed by atoms with Gasteiger partial charge in [-0.25, -0.2) is 26.7 Å². The van der Waals surface area contributed by atoms with E-state index >= 15 is 0 Å². The van der Waals surface area contributed by atoms with Crippen molar-refractivity contribution in [1.29, 1.82) is 0 Å². The average Bonchev–Trinajstić information content (AvgIpc) is 2.68. The molecule has 2 aromatic rings. The lowest BCUT2D eigenvalue weighted by molar-refractivity contribution is -0.139. The van der Waals surface area contributed by atoms with Gasteiger partial charge in [-0.3, -0.25) is 0 Å². The van der Waals surface area contributed by atoms with E-state index in [1.807, 2.05) is 0 Å². The second kappa shape index (κ2) is 8.52. The Morgan fingerprint density at radius 2 is 1.44 bits per heavy atom. The Labute approximate surface area is 150 Å². The summed E-state index contributed by atoms with van der Waals surface area (Å²) in [5.74, 6) is -10.8. The van der Waals surface area contributed by atoms with Crippen molar-refractivity contribution in [3.8, 4) is 11.5 Å². The fraction of sp³-hybridized carbons (Fsp3) is 0.167. The van der Waals surface area contributed by atoms with Crippen molar-refractivity contribution < 1.29 is 41.0 Å². The molecule has 9 heteroatoms. The first-order chi connectivity index (χ1) is 12.8. The molecule has 0 amide bonds. The van der Waals surface area contributed by atoms with Gasteiger partial charge in [0.15, 0.2) is 34.8 Å². The molecule has 0 bridgehead atoms. The van der Waals surface area contributed by atoms with Gasteiger partial charge in [-0.2, -0.15) is 0 Å². The standard InChI is InChI=1S/C18H13F5O4/c1-25-11-5-3-9(7-12(11)26-2)4-6-13(24)27-8-10-14(19)16(21)18(23)17(22)15(10)20/h3-7H,8H2,1-2H3/b6-4+. The highest BCUT2D eigenvalue weighted by Crippen LogP contribution is 2.28. The van der Waals surface area contributed by atoms with E-state index in [2.05, 4.69) is 4.74 Å². The van der Waals surface area contributed by atoms with Crippen LogP contribution in [0.25, 0.3) is 6.08 Å². The Kier molecular flexibility index (Phi) is 6.38. The number of esters is 1. The topological polar surface area (TPSA) is 44.8 Å². The molecule has 0 heterocycles. The number of methoxy groups -OCH3 is 2. The maximum atomic E-state index is 13.5. The van der Waals surface area contributed by atoms with E-state index in [1.165, 1.54) is 20.3 Å². The molecule has 0 radical (unpaired) electrons. The van der Waals surface area contributed by atoms with Crippen LogP contribution in [0.5, 0.6) is 11.5 Å². The van der Waals surface area contributed by atoms with Gasteiger partial charge in [0.25, 0.3) is 0 Å². The van der Waals surface area contributed by atoms with Crippen LogP contribution in [0.15, 0.2) is 24.3 Å². The zero-order chi connectivity index (χ0) is 20.1. The minimum absolute atomic E-state index is 0.398. The summed E-state index contributed by atoms with van der Waals surface area (Å²) in [6, 6.07) is 4.72. The number of rotatable bonds is 6. The zero-order valence-electron chi connectivity index (χ0n) is 14.1. The summed E-state index contributed by atoms with van der Waals surface area (Å²) in [5.41, 5.74) is -0.722. The molecule has 0 spiro atoms. The number of carbonyl (C=O) groups is 1. The largest absolute Gasteiger partial charge is 0.493 e. The third-order valence-corrected chi connectivity index (χ3v) is 3.48. The molecule has 0 atom stereocenters. The normalized spacial score (nSPS) is 10.9. The van der Waals surface area contributed by atoms with Crippen LogP contribution >= 0.6 is 0 Å². The third kappa shape index (κ3) is 4.36. The van der Waals surface area contributed by atoms with Crippen LogP contribution < -0.4 is 9.47 Å². The first-order valence-corrected chi connectivity index (χ1v) is 7.37. The van der Waals surface area contributed by atoms with E-state index in [0.717, 1.165) is 6.08 Å². The maximum Gasteiger partial charge on any atom is 0.331 e. The van der Waals surface area contributed by atoms with Crippen molar-refractivity contribution >= 4 is 12.0 Å². The van der Waals surface area contributed by atoms with Gasteiger partial charge >= 0.3 is 5.97 Å². The van der Waals surface area contributed by atoms with Crippen LogP contribution in [0, 0.1) is 29.1 Å². The molecule has 2 aromatic carbocycles. The van der Waals surface area contributed by atoms with Crippen molar-refractivity contribution in [2.45, 2.75) is 6.61 Å². The van der Waals surface area contributed by atoms with E-state index in [0.29, 0.717) is 17.1 Å². The van der Waals surface area contributed by atoms with Crippen molar-refractivity contribution in [2.75, 3.05) is 14.2 Å². The predicted octanol–water partition coefficient (Wildman–Crippen LogP) is 4.16. The fourth-order valence-corrected chi connectivity index (χ4v) is 2.09. The molecule has 0 saturated carbocycles. The summed E-state index contributed by atoms with van der Waals surface area (Å²) < 4.78 is 80.8. The maximum absolute atomic E-state index is 13.5. The Balaban J connectivity index is 2.10. The number of benzene rings is 2. The lowest BCUT2D eigenvalue weighted by Crippen LogP contribution is -2.10. The van der Waals surface area contributed by atoms with E-state index in [9.17, 15) is 26.7 Å². The summed E-state index contributed by atoms with van der Waals surface area (Å²) >= 11 is 0. The van der Waals surface area contributed by atoms with Crippen LogP contribution in [-0.4, -0.2) is 20.2 Å². The van der Waals surface area contributed by atoms with Gasteiger partial charge in [-0.1, -0.05) is 6.07 Å². The molecule has 0 aliphatic carbocycles. The smallest absolute Gasteiger partial charge is 0.331 e. The molecule has 144 valence electrons. The van der Waals surface area contributed by atoms with Gasteiger partial charge in [-0.05, 0) is 23.8 Å². The minimum Gasteiger partial charge on any atom is -0.493 e. The minimum atomic E-state index is -2.28. The van der Waals surface area contributed by atoms with Crippen LogP contribution in [0.3, 0.4) is 0 Å². The quantitative estimate of drug-likeness (QED) is 0.245. The molecular formula is C18H13F5O4. The third-order valence-electron chi connectivity index (χ3n) is 3.48. The van der Waals surface area contributed by atoms with Gasteiger partial charge < -0.3 is 14.2 Å². The summed E-state index contributed by atoms with van der Waals surface area (Å²) in [5, 5.41) is 0. The highest BCUT2D eigenvalue weighted by atomic mass is 19.2. The number of ether oxygens (including phenoxy) is 3. The van der Waals surface area contributed by atoms with Crippen molar-refractivity contribution in [2.24, 2.45) is 0 Å². The summed E-state index contributed by atoms with van der Waals surface area (Å²) in [6.45, 7) is -1.12. The van der Waals surface area contributed by atoms with Gasteiger partial charge in [-0.15, -0.1) is 0 Å². The van der Waals surface area contributed by atoms with Gasteiger partial charge in [0.2, 0.25) is 5.82 Å². The van der Waals surface area contributed by atoms with E-state index in [-0.39, 0.29) is 0 Å². The number of halogens is 5. The Morgan fingerprint density at radius 3 is 2.00 bits per heavy atom. The van der Waals surface area contributed by atoms with Gasteiger partial charge in [0.1, 0.15) is 6.61 Å². The van der Waals surface area contributed by atoms with E-state index in [4.69, 9.17) is 9.47 Å². The predicted molar refractivity (Wildman–Crippen MR) is 84.6 cm³/mol. The first kappa shape index (κ1) is 20.2. The molecule has 0 aliphatic heterocycles. The Morgan fingerprint density at radius 1 is 0.889 bits per heavy atom. The lowest BCUT2D eigenvalue weighted by atomic mass is 10.2.